The lowest BCUT2D eigenvalue weighted by molar-refractivity contribution is -0.129. The fourth-order valence-electron chi connectivity index (χ4n) is 2.49. The van der Waals surface area contributed by atoms with Crippen LogP contribution >= 0.6 is 0 Å². The first-order chi connectivity index (χ1) is 12.5. The highest BCUT2D eigenvalue weighted by Crippen LogP contribution is 2.18. The van der Waals surface area contributed by atoms with E-state index in [1.165, 1.54) is 19.1 Å². The number of nitrogens with zero attached hydrogens (tertiary/aromatic N) is 1. The Morgan fingerprint density at radius 3 is 2.65 bits per heavy atom. The normalized spacial score (nSPS) is 11.8. The zero-order valence-corrected chi connectivity index (χ0v) is 14.1. The molecule has 0 radical (unpaired) electrons. The van der Waals surface area contributed by atoms with E-state index in [9.17, 15) is 14.0 Å². The lowest BCUT2D eigenvalue weighted by Gasteiger charge is -2.14. The third kappa shape index (κ3) is 4.03. The number of pyridine rings is 1. The molecule has 0 aliphatic carbocycles. The lowest BCUT2D eigenvalue weighted by atomic mass is 10.1. The minimum absolute atomic E-state index is 0.221. The van der Waals surface area contributed by atoms with E-state index in [1.807, 2.05) is 0 Å². The maximum atomic E-state index is 12.9. The molecule has 26 heavy (non-hydrogen) atoms. The van der Waals surface area contributed by atoms with Gasteiger partial charge in [-0.3, -0.25) is 9.78 Å². The van der Waals surface area contributed by atoms with Gasteiger partial charge in [0.1, 0.15) is 5.82 Å². The van der Waals surface area contributed by atoms with Crippen LogP contribution in [-0.2, 0) is 16.1 Å². The van der Waals surface area contributed by atoms with Crippen LogP contribution < -0.4 is 5.32 Å². The summed E-state index contributed by atoms with van der Waals surface area (Å²) in [5, 5.41) is 3.33. The Morgan fingerprint density at radius 1 is 1.12 bits per heavy atom. The van der Waals surface area contributed by atoms with E-state index in [1.54, 1.807) is 48.7 Å². The topological polar surface area (TPSA) is 68.3 Å². The number of hydrogen-bond acceptors (Lipinski definition) is 4. The number of halogens is 1. The first-order valence-corrected chi connectivity index (χ1v) is 8.11. The Bertz CT molecular complexity index is 936. The average Bonchev–Trinajstić information content (AvgIpc) is 2.66. The highest BCUT2D eigenvalue weighted by molar-refractivity contribution is 6.04. The molecule has 2 aromatic carbocycles. The van der Waals surface area contributed by atoms with Crippen molar-refractivity contribution in [2.24, 2.45) is 0 Å². The molecule has 1 unspecified atom stereocenters. The molecular weight excluding hydrogens is 335 g/mol. The van der Waals surface area contributed by atoms with Gasteiger partial charge in [0.05, 0.1) is 11.1 Å². The summed E-state index contributed by atoms with van der Waals surface area (Å²) < 4.78 is 18.2. The third-order valence-electron chi connectivity index (χ3n) is 3.90. The van der Waals surface area contributed by atoms with Gasteiger partial charge in [-0.1, -0.05) is 24.3 Å². The number of amides is 1. The second-order valence-corrected chi connectivity index (χ2v) is 5.77. The van der Waals surface area contributed by atoms with Crippen LogP contribution in [0.1, 0.15) is 22.8 Å². The molecular formula is C20H17FN2O3. The van der Waals surface area contributed by atoms with Gasteiger partial charge in [-0.15, -0.1) is 0 Å². The van der Waals surface area contributed by atoms with Gasteiger partial charge in [-0.05, 0) is 42.8 Å². The molecule has 0 fully saturated rings. The SMILES string of the molecule is CC(OC(=O)c1cccc2ncccc12)C(=O)NCc1ccc(F)cc1. The van der Waals surface area contributed by atoms with Gasteiger partial charge in [-0.2, -0.15) is 0 Å². The molecule has 5 nitrogen and oxygen atoms in total. The van der Waals surface area contributed by atoms with Crippen molar-refractivity contribution < 1.29 is 18.7 Å². The molecule has 1 aromatic heterocycles. The Labute approximate surface area is 149 Å². The van der Waals surface area contributed by atoms with Gasteiger partial charge >= 0.3 is 5.97 Å². The largest absolute Gasteiger partial charge is 0.449 e. The molecule has 6 heteroatoms. The van der Waals surface area contributed by atoms with Crippen LogP contribution in [0, 0.1) is 5.82 Å². The number of carbonyl (C=O) groups excluding carboxylic acids is 2. The van der Waals surface area contributed by atoms with Gasteiger partial charge in [0.2, 0.25) is 0 Å². The molecule has 0 saturated carbocycles. The Morgan fingerprint density at radius 2 is 1.88 bits per heavy atom. The molecule has 3 rings (SSSR count). The number of nitrogens with one attached hydrogen (secondary N) is 1. The predicted molar refractivity (Wildman–Crippen MR) is 94.9 cm³/mol. The summed E-state index contributed by atoms with van der Waals surface area (Å²) in [5.74, 6) is -1.36. The van der Waals surface area contributed by atoms with Crippen molar-refractivity contribution in [3.63, 3.8) is 0 Å². The highest BCUT2D eigenvalue weighted by Gasteiger charge is 2.20. The average molecular weight is 352 g/mol. The summed E-state index contributed by atoms with van der Waals surface area (Å²) in [6.07, 6.45) is 0.679. The molecule has 0 saturated heterocycles. The standard InChI is InChI=1S/C20H17FN2O3/c1-13(19(24)23-12-14-7-9-15(21)10-8-14)26-20(25)17-4-2-6-18-16(17)5-3-11-22-18/h2-11,13H,12H2,1H3,(H,23,24). The van der Waals surface area contributed by atoms with Crippen molar-refractivity contribution in [1.29, 1.82) is 0 Å². The smallest absolute Gasteiger partial charge is 0.339 e. The number of carbonyl (C=O) groups is 2. The van der Waals surface area contributed by atoms with Gasteiger partial charge < -0.3 is 10.1 Å². The molecule has 3 aromatic rings. The van der Waals surface area contributed by atoms with Gasteiger partial charge in [0, 0.05) is 18.1 Å². The van der Waals surface area contributed by atoms with E-state index in [0.717, 1.165) is 5.56 Å². The molecule has 1 amide bonds. The van der Waals surface area contributed by atoms with Crippen LogP contribution in [0.3, 0.4) is 0 Å². The molecule has 0 aliphatic rings. The summed E-state index contributed by atoms with van der Waals surface area (Å²) in [4.78, 5) is 28.7. The summed E-state index contributed by atoms with van der Waals surface area (Å²) >= 11 is 0. The first kappa shape index (κ1) is 17.5. The van der Waals surface area contributed by atoms with Crippen molar-refractivity contribution >= 4 is 22.8 Å². The quantitative estimate of drug-likeness (QED) is 0.716. The third-order valence-corrected chi connectivity index (χ3v) is 3.90. The van der Waals surface area contributed by atoms with E-state index >= 15 is 0 Å². The van der Waals surface area contributed by atoms with Crippen molar-refractivity contribution in [2.75, 3.05) is 0 Å². The predicted octanol–water partition coefficient (Wildman–Crippen LogP) is 3.24. The van der Waals surface area contributed by atoms with Crippen LogP contribution in [0.25, 0.3) is 10.9 Å². The maximum Gasteiger partial charge on any atom is 0.339 e. The molecule has 1 N–H and O–H groups in total. The zero-order valence-electron chi connectivity index (χ0n) is 14.1. The molecule has 1 heterocycles. The van der Waals surface area contributed by atoms with Crippen molar-refractivity contribution in [3.8, 4) is 0 Å². The van der Waals surface area contributed by atoms with Gasteiger partial charge in [-0.25, -0.2) is 9.18 Å². The van der Waals surface area contributed by atoms with E-state index in [4.69, 9.17) is 4.74 Å². The fraction of sp³-hybridized carbons (Fsp3) is 0.150. The Hall–Kier alpha value is -3.28. The molecule has 132 valence electrons. The maximum absolute atomic E-state index is 12.9. The van der Waals surface area contributed by atoms with Crippen LogP contribution in [0.2, 0.25) is 0 Å². The van der Waals surface area contributed by atoms with E-state index in [0.29, 0.717) is 16.5 Å². The summed E-state index contributed by atoms with van der Waals surface area (Å²) in [7, 11) is 0. The number of fused-ring (bicyclic) bond motifs is 1. The number of ether oxygens (including phenoxy) is 1. The minimum Gasteiger partial charge on any atom is -0.449 e. The molecule has 0 bridgehead atoms. The number of hydrogen-bond donors (Lipinski definition) is 1. The van der Waals surface area contributed by atoms with Crippen LogP contribution in [0.5, 0.6) is 0 Å². The number of esters is 1. The second-order valence-electron chi connectivity index (χ2n) is 5.77. The number of benzene rings is 2. The monoisotopic (exact) mass is 352 g/mol. The lowest BCUT2D eigenvalue weighted by Crippen LogP contribution is -2.35. The highest BCUT2D eigenvalue weighted by atomic mass is 19.1. The first-order valence-electron chi connectivity index (χ1n) is 8.11. The summed E-state index contributed by atoms with van der Waals surface area (Å²) in [6.45, 7) is 1.72. The summed E-state index contributed by atoms with van der Waals surface area (Å²) in [6, 6.07) is 14.4. The molecule has 0 spiro atoms. The fourth-order valence-corrected chi connectivity index (χ4v) is 2.49. The second kappa shape index (κ2) is 7.74. The summed E-state index contributed by atoms with van der Waals surface area (Å²) in [5.41, 5.74) is 1.78. The molecule has 1 atom stereocenters. The van der Waals surface area contributed by atoms with Crippen LogP contribution in [-0.4, -0.2) is 23.0 Å². The van der Waals surface area contributed by atoms with Gasteiger partial charge in [0.25, 0.3) is 5.91 Å². The van der Waals surface area contributed by atoms with Crippen molar-refractivity contribution in [3.05, 3.63) is 77.7 Å². The van der Waals surface area contributed by atoms with E-state index in [-0.39, 0.29) is 12.4 Å². The van der Waals surface area contributed by atoms with E-state index < -0.39 is 18.0 Å². The zero-order chi connectivity index (χ0) is 18.5. The Balaban J connectivity index is 1.63. The Kier molecular flexibility index (Phi) is 5.22. The van der Waals surface area contributed by atoms with Crippen molar-refractivity contribution in [2.45, 2.75) is 19.6 Å². The van der Waals surface area contributed by atoms with Crippen LogP contribution in [0.15, 0.2) is 60.8 Å². The van der Waals surface area contributed by atoms with Crippen molar-refractivity contribution in [1.82, 2.24) is 10.3 Å². The number of rotatable bonds is 5. The van der Waals surface area contributed by atoms with Crippen LogP contribution in [0.4, 0.5) is 4.39 Å². The molecule has 0 aliphatic heterocycles. The van der Waals surface area contributed by atoms with E-state index in [2.05, 4.69) is 10.3 Å². The number of aromatic nitrogens is 1. The minimum atomic E-state index is -0.963. The van der Waals surface area contributed by atoms with Gasteiger partial charge in [0.15, 0.2) is 6.10 Å².